The zero-order valence-corrected chi connectivity index (χ0v) is 16.3. The Morgan fingerprint density at radius 2 is 1.96 bits per heavy atom. The summed E-state index contributed by atoms with van der Waals surface area (Å²) in [5.74, 6) is 0.672. The molecule has 0 bridgehead atoms. The van der Waals surface area contributed by atoms with Crippen molar-refractivity contribution in [3.63, 3.8) is 0 Å². The van der Waals surface area contributed by atoms with Crippen LogP contribution < -0.4 is 0 Å². The summed E-state index contributed by atoms with van der Waals surface area (Å²) < 4.78 is 0. The van der Waals surface area contributed by atoms with E-state index in [1.165, 1.54) is 31.4 Å². The number of piperazine rings is 1. The molecule has 1 saturated heterocycles. The van der Waals surface area contributed by atoms with Crippen LogP contribution in [0.3, 0.4) is 0 Å². The van der Waals surface area contributed by atoms with Crippen LogP contribution in [-0.4, -0.2) is 40.4 Å². The number of allylic oxidation sites excluding steroid dienone is 1. The highest BCUT2D eigenvalue weighted by Crippen LogP contribution is 2.34. The molecule has 1 aromatic rings. The van der Waals surface area contributed by atoms with E-state index in [9.17, 15) is 10.1 Å². The number of nitro benzene ring substituents is 1. The summed E-state index contributed by atoms with van der Waals surface area (Å²) in [5, 5.41) is 11.3. The topological polar surface area (TPSA) is 49.6 Å². The third kappa shape index (κ3) is 3.93. The molecule has 1 saturated carbocycles. The SMILES string of the molecule is C=C(C1CCCC1)N1CCN(Cc2cc(C)cc([N+](=O)[O-])c2C)C[C@@H]1C. The lowest BCUT2D eigenvalue weighted by Crippen LogP contribution is -2.51. The Kier molecular flexibility index (Phi) is 5.66. The molecular formula is C21H31N3O2. The first-order chi connectivity index (χ1) is 12.4. The lowest BCUT2D eigenvalue weighted by molar-refractivity contribution is -0.385. The molecule has 1 aromatic carbocycles. The maximum Gasteiger partial charge on any atom is 0.272 e. The first-order valence-corrected chi connectivity index (χ1v) is 9.79. The molecule has 0 radical (unpaired) electrons. The summed E-state index contributed by atoms with van der Waals surface area (Å²) in [6.45, 7) is 14.2. The van der Waals surface area contributed by atoms with Gasteiger partial charge in [-0.2, -0.15) is 0 Å². The number of rotatable bonds is 5. The largest absolute Gasteiger partial charge is 0.370 e. The summed E-state index contributed by atoms with van der Waals surface area (Å²) in [6.07, 6.45) is 5.25. The molecule has 3 rings (SSSR count). The second kappa shape index (κ2) is 7.78. The Hall–Kier alpha value is -1.88. The van der Waals surface area contributed by atoms with E-state index in [0.29, 0.717) is 12.0 Å². The summed E-state index contributed by atoms with van der Waals surface area (Å²) in [4.78, 5) is 15.9. The summed E-state index contributed by atoms with van der Waals surface area (Å²) in [7, 11) is 0. The summed E-state index contributed by atoms with van der Waals surface area (Å²) >= 11 is 0. The summed E-state index contributed by atoms with van der Waals surface area (Å²) in [6, 6.07) is 4.21. The van der Waals surface area contributed by atoms with Crippen LogP contribution >= 0.6 is 0 Å². The molecule has 0 aromatic heterocycles. The highest BCUT2D eigenvalue weighted by atomic mass is 16.6. The zero-order valence-electron chi connectivity index (χ0n) is 16.3. The van der Waals surface area contributed by atoms with Crippen molar-refractivity contribution in [3.05, 3.63) is 51.2 Å². The fourth-order valence-electron chi connectivity index (χ4n) is 4.60. The molecule has 0 N–H and O–H groups in total. The van der Waals surface area contributed by atoms with Crippen LogP contribution in [0.5, 0.6) is 0 Å². The van der Waals surface area contributed by atoms with Crippen molar-refractivity contribution >= 4 is 5.69 Å². The maximum atomic E-state index is 11.3. The molecule has 0 unspecified atom stereocenters. The molecule has 0 spiro atoms. The van der Waals surface area contributed by atoms with Gasteiger partial charge >= 0.3 is 0 Å². The van der Waals surface area contributed by atoms with Crippen molar-refractivity contribution in [2.24, 2.45) is 5.92 Å². The number of benzene rings is 1. The third-order valence-corrected chi connectivity index (χ3v) is 6.13. The minimum absolute atomic E-state index is 0.237. The van der Waals surface area contributed by atoms with E-state index in [4.69, 9.17) is 0 Å². The van der Waals surface area contributed by atoms with Crippen LogP contribution in [-0.2, 0) is 6.54 Å². The van der Waals surface area contributed by atoms with Crippen molar-refractivity contribution in [1.82, 2.24) is 9.80 Å². The molecule has 5 heteroatoms. The minimum Gasteiger partial charge on any atom is -0.370 e. The second-order valence-corrected chi connectivity index (χ2v) is 8.08. The highest BCUT2D eigenvalue weighted by molar-refractivity contribution is 5.47. The average Bonchev–Trinajstić information content (AvgIpc) is 3.11. The average molecular weight is 357 g/mol. The van der Waals surface area contributed by atoms with Gasteiger partial charge in [0.15, 0.2) is 0 Å². The number of aryl methyl sites for hydroxylation is 1. The standard InChI is InChI=1S/C21H31N3O2/c1-15-11-20(17(3)21(12-15)24(25)26)14-22-9-10-23(16(2)13-22)18(4)19-7-5-6-8-19/h11-12,16,19H,4-10,13-14H2,1-3H3/t16-/m0/s1. The van der Waals surface area contributed by atoms with Gasteiger partial charge in [0.2, 0.25) is 0 Å². The molecule has 1 atom stereocenters. The van der Waals surface area contributed by atoms with Gasteiger partial charge in [-0.15, -0.1) is 0 Å². The van der Waals surface area contributed by atoms with Gasteiger partial charge in [0.25, 0.3) is 5.69 Å². The Balaban J connectivity index is 1.66. The number of hydrogen-bond acceptors (Lipinski definition) is 4. The van der Waals surface area contributed by atoms with Gasteiger partial charge < -0.3 is 4.90 Å². The number of hydrogen-bond donors (Lipinski definition) is 0. The van der Waals surface area contributed by atoms with Gasteiger partial charge in [-0.25, -0.2) is 0 Å². The lowest BCUT2D eigenvalue weighted by Gasteiger charge is -2.43. The Bertz CT molecular complexity index is 695. The van der Waals surface area contributed by atoms with Crippen molar-refractivity contribution in [2.45, 2.75) is 59.0 Å². The van der Waals surface area contributed by atoms with Crippen LogP contribution in [0, 0.1) is 29.9 Å². The van der Waals surface area contributed by atoms with Crippen LogP contribution in [0.2, 0.25) is 0 Å². The fourth-order valence-corrected chi connectivity index (χ4v) is 4.60. The van der Waals surface area contributed by atoms with Crippen LogP contribution in [0.4, 0.5) is 5.69 Å². The van der Waals surface area contributed by atoms with E-state index >= 15 is 0 Å². The van der Waals surface area contributed by atoms with Gasteiger partial charge in [0.1, 0.15) is 0 Å². The highest BCUT2D eigenvalue weighted by Gasteiger charge is 2.29. The molecular weight excluding hydrogens is 326 g/mol. The number of nitro groups is 1. The molecule has 1 heterocycles. The van der Waals surface area contributed by atoms with Gasteiger partial charge in [0.05, 0.1) is 4.92 Å². The smallest absolute Gasteiger partial charge is 0.272 e. The van der Waals surface area contributed by atoms with E-state index in [-0.39, 0.29) is 10.6 Å². The van der Waals surface area contributed by atoms with Gasteiger partial charge in [-0.1, -0.05) is 25.5 Å². The quantitative estimate of drug-likeness (QED) is 0.578. The zero-order chi connectivity index (χ0) is 18.8. The molecule has 2 fully saturated rings. The van der Waals surface area contributed by atoms with E-state index in [2.05, 4.69) is 29.4 Å². The monoisotopic (exact) mass is 357 g/mol. The normalized spacial score (nSPS) is 22.0. The fraction of sp³-hybridized carbons (Fsp3) is 0.619. The van der Waals surface area contributed by atoms with Crippen molar-refractivity contribution < 1.29 is 4.92 Å². The minimum atomic E-state index is -0.266. The Morgan fingerprint density at radius 1 is 1.27 bits per heavy atom. The Labute approximate surface area is 156 Å². The van der Waals surface area contributed by atoms with E-state index in [1.54, 1.807) is 6.07 Å². The molecule has 0 amide bonds. The van der Waals surface area contributed by atoms with E-state index in [0.717, 1.165) is 42.9 Å². The summed E-state index contributed by atoms with van der Waals surface area (Å²) in [5.41, 5.74) is 4.40. The lowest BCUT2D eigenvalue weighted by atomic mass is 10.00. The first kappa shape index (κ1) is 18.9. The maximum absolute atomic E-state index is 11.3. The molecule has 1 aliphatic carbocycles. The first-order valence-electron chi connectivity index (χ1n) is 9.79. The predicted octanol–water partition coefficient (Wildman–Crippen LogP) is 4.42. The second-order valence-electron chi connectivity index (χ2n) is 8.08. The van der Waals surface area contributed by atoms with E-state index < -0.39 is 0 Å². The van der Waals surface area contributed by atoms with Crippen molar-refractivity contribution in [3.8, 4) is 0 Å². The molecule has 2 aliphatic rings. The molecule has 1 aliphatic heterocycles. The van der Waals surface area contributed by atoms with Gasteiger partial charge in [-0.3, -0.25) is 15.0 Å². The Morgan fingerprint density at radius 3 is 2.58 bits per heavy atom. The van der Waals surface area contributed by atoms with Crippen molar-refractivity contribution in [1.29, 1.82) is 0 Å². The van der Waals surface area contributed by atoms with Crippen LogP contribution in [0.15, 0.2) is 24.4 Å². The van der Waals surface area contributed by atoms with Gasteiger partial charge in [-0.05, 0) is 50.7 Å². The van der Waals surface area contributed by atoms with Crippen LogP contribution in [0.1, 0.15) is 49.3 Å². The van der Waals surface area contributed by atoms with Crippen LogP contribution in [0.25, 0.3) is 0 Å². The molecule has 142 valence electrons. The third-order valence-electron chi connectivity index (χ3n) is 6.13. The predicted molar refractivity (Wildman–Crippen MR) is 105 cm³/mol. The van der Waals surface area contributed by atoms with Crippen molar-refractivity contribution in [2.75, 3.05) is 19.6 Å². The molecule has 5 nitrogen and oxygen atoms in total. The van der Waals surface area contributed by atoms with Gasteiger partial charge in [0, 0.05) is 49.5 Å². The number of nitrogens with zero attached hydrogens (tertiary/aromatic N) is 3. The molecule has 26 heavy (non-hydrogen) atoms. The van der Waals surface area contributed by atoms with E-state index in [1.807, 2.05) is 13.8 Å².